The summed E-state index contributed by atoms with van der Waals surface area (Å²) < 4.78 is 3.84. The maximum Gasteiger partial charge on any atom is 0.0492 e. The van der Waals surface area contributed by atoms with E-state index < -0.39 is 0 Å². The van der Waals surface area contributed by atoms with E-state index in [-0.39, 0.29) is 0 Å². The quantitative estimate of drug-likeness (QED) is 0.740. The van der Waals surface area contributed by atoms with Crippen molar-refractivity contribution >= 4 is 0 Å². The highest BCUT2D eigenvalue weighted by molar-refractivity contribution is 5.01. The summed E-state index contributed by atoms with van der Waals surface area (Å²) in [4.78, 5) is 0. The van der Waals surface area contributed by atoms with E-state index in [2.05, 4.69) is 27.6 Å². The molecule has 2 rings (SSSR count). The number of hydrogen-bond donors (Lipinski definition) is 1. The van der Waals surface area contributed by atoms with E-state index in [9.17, 15) is 0 Å². The van der Waals surface area contributed by atoms with Gasteiger partial charge in [0.05, 0.1) is 0 Å². The average Bonchev–Trinajstić information content (AvgIpc) is 2.89. The van der Waals surface area contributed by atoms with Crippen molar-refractivity contribution in [2.45, 2.75) is 12.8 Å². The van der Waals surface area contributed by atoms with E-state index in [0.717, 1.165) is 25.9 Å². The third-order valence-corrected chi connectivity index (χ3v) is 2.96. The predicted molar refractivity (Wildman–Crippen MR) is 66.7 cm³/mol. The molecule has 0 aliphatic rings. The topological polar surface area (TPSA) is 47.7 Å². The fourth-order valence-electron chi connectivity index (χ4n) is 1.85. The molecule has 0 amide bonds. The van der Waals surface area contributed by atoms with Gasteiger partial charge in [-0.05, 0) is 12.1 Å². The summed E-state index contributed by atoms with van der Waals surface area (Å²) in [5, 5.41) is 11.7. The molecule has 2 aromatic heterocycles. The third-order valence-electron chi connectivity index (χ3n) is 2.96. The van der Waals surface area contributed by atoms with Crippen LogP contribution in [-0.2, 0) is 26.9 Å². The lowest BCUT2D eigenvalue weighted by Crippen LogP contribution is -2.21. The van der Waals surface area contributed by atoms with Gasteiger partial charge in [0.15, 0.2) is 0 Å². The Morgan fingerprint density at radius 2 is 1.41 bits per heavy atom. The van der Waals surface area contributed by atoms with Crippen LogP contribution >= 0.6 is 0 Å². The monoisotopic (exact) mass is 233 g/mol. The Balaban J connectivity index is 1.64. The normalized spacial score (nSPS) is 10.9. The van der Waals surface area contributed by atoms with Gasteiger partial charge >= 0.3 is 0 Å². The minimum atomic E-state index is 0.984. The molecule has 5 heteroatoms. The lowest BCUT2D eigenvalue weighted by atomic mass is 10.3. The zero-order valence-electron chi connectivity index (χ0n) is 10.4. The first-order valence-electron chi connectivity index (χ1n) is 5.92. The van der Waals surface area contributed by atoms with Crippen molar-refractivity contribution in [1.82, 2.24) is 24.9 Å². The summed E-state index contributed by atoms with van der Waals surface area (Å²) in [7, 11) is 3.95. The number of aromatic nitrogens is 4. The number of nitrogens with zero attached hydrogens (tertiary/aromatic N) is 4. The van der Waals surface area contributed by atoms with Crippen LogP contribution in [0.2, 0.25) is 0 Å². The summed E-state index contributed by atoms with van der Waals surface area (Å²) in [6.07, 6.45) is 5.71. The molecule has 0 saturated carbocycles. The summed E-state index contributed by atoms with van der Waals surface area (Å²) >= 11 is 0. The van der Waals surface area contributed by atoms with Crippen molar-refractivity contribution in [2.75, 3.05) is 13.1 Å². The smallest absolute Gasteiger partial charge is 0.0492 e. The molecule has 2 heterocycles. The molecular formula is C12H19N5. The fourth-order valence-corrected chi connectivity index (χ4v) is 1.85. The van der Waals surface area contributed by atoms with Crippen LogP contribution in [0.3, 0.4) is 0 Å². The number of aryl methyl sites for hydroxylation is 2. The molecule has 5 nitrogen and oxygen atoms in total. The maximum atomic E-state index is 4.15. The maximum absolute atomic E-state index is 4.15. The second-order valence-electron chi connectivity index (χ2n) is 4.14. The van der Waals surface area contributed by atoms with Crippen LogP contribution in [0.25, 0.3) is 0 Å². The predicted octanol–water partition coefficient (Wildman–Crippen LogP) is 0.528. The van der Waals surface area contributed by atoms with Crippen molar-refractivity contribution < 1.29 is 0 Å². The van der Waals surface area contributed by atoms with Gasteiger partial charge in [-0.1, -0.05) is 0 Å². The molecule has 2 aromatic rings. The van der Waals surface area contributed by atoms with E-state index in [4.69, 9.17) is 0 Å². The minimum Gasteiger partial charge on any atom is -0.316 e. The second-order valence-corrected chi connectivity index (χ2v) is 4.14. The van der Waals surface area contributed by atoms with Crippen molar-refractivity contribution in [3.8, 4) is 0 Å². The van der Waals surface area contributed by atoms with E-state index in [1.807, 2.05) is 35.9 Å². The summed E-state index contributed by atoms with van der Waals surface area (Å²) in [6.45, 7) is 1.97. The number of hydrogen-bond acceptors (Lipinski definition) is 3. The molecule has 92 valence electrons. The van der Waals surface area contributed by atoms with Gasteiger partial charge < -0.3 is 5.32 Å². The molecule has 0 aromatic carbocycles. The Morgan fingerprint density at radius 1 is 0.941 bits per heavy atom. The van der Waals surface area contributed by atoms with Gasteiger partial charge in [0.1, 0.15) is 0 Å². The number of rotatable bonds is 6. The highest BCUT2D eigenvalue weighted by Crippen LogP contribution is 1.97. The van der Waals surface area contributed by atoms with Crippen LogP contribution in [0.4, 0.5) is 0 Å². The highest BCUT2D eigenvalue weighted by Gasteiger charge is 1.99. The summed E-state index contributed by atoms with van der Waals surface area (Å²) in [5.74, 6) is 0. The fraction of sp³-hybridized carbons (Fsp3) is 0.500. The van der Waals surface area contributed by atoms with Crippen LogP contribution in [0.1, 0.15) is 11.4 Å². The SMILES string of the molecule is Cn1nccc1CCNCCc1ccnn1C. The van der Waals surface area contributed by atoms with Crippen molar-refractivity contribution in [1.29, 1.82) is 0 Å². The van der Waals surface area contributed by atoms with Crippen molar-refractivity contribution in [3.05, 3.63) is 35.9 Å². The first-order chi connectivity index (χ1) is 8.27. The van der Waals surface area contributed by atoms with Crippen LogP contribution in [0.5, 0.6) is 0 Å². The largest absolute Gasteiger partial charge is 0.316 e. The molecule has 0 aliphatic heterocycles. The summed E-state index contributed by atoms with van der Waals surface area (Å²) in [6, 6.07) is 4.12. The molecule has 0 aliphatic carbocycles. The van der Waals surface area contributed by atoms with Gasteiger partial charge in [-0.2, -0.15) is 10.2 Å². The Kier molecular flexibility index (Phi) is 3.93. The van der Waals surface area contributed by atoms with Crippen LogP contribution in [0.15, 0.2) is 24.5 Å². The zero-order valence-corrected chi connectivity index (χ0v) is 10.4. The zero-order chi connectivity index (χ0) is 12.1. The average molecular weight is 233 g/mol. The van der Waals surface area contributed by atoms with Gasteiger partial charge in [-0.15, -0.1) is 0 Å². The van der Waals surface area contributed by atoms with Gasteiger partial charge in [0.2, 0.25) is 0 Å². The van der Waals surface area contributed by atoms with E-state index >= 15 is 0 Å². The molecule has 0 fully saturated rings. The third kappa shape index (κ3) is 3.17. The number of nitrogens with one attached hydrogen (secondary N) is 1. The van der Waals surface area contributed by atoms with E-state index in [0.29, 0.717) is 0 Å². The standard InChI is InChI=1S/C12H19N5/c1-16-11(5-9-14-16)3-7-13-8-4-12-6-10-15-17(12)2/h5-6,9-10,13H,3-4,7-8H2,1-2H3. The van der Waals surface area contributed by atoms with Crippen LogP contribution in [0, 0.1) is 0 Å². The Morgan fingerprint density at radius 3 is 1.76 bits per heavy atom. The second kappa shape index (κ2) is 5.63. The molecule has 1 N–H and O–H groups in total. The van der Waals surface area contributed by atoms with Crippen LogP contribution < -0.4 is 5.32 Å². The van der Waals surface area contributed by atoms with Crippen LogP contribution in [-0.4, -0.2) is 32.7 Å². The molecule has 0 spiro atoms. The van der Waals surface area contributed by atoms with E-state index in [1.165, 1.54) is 11.4 Å². The molecule has 17 heavy (non-hydrogen) atoms. The molecule has 0 atom stereocenters. The summed E-state index contributed by atoms with van der Waals surface area (Å²) in [5.41, 5.74) is 2.52. The van der Waals surface area contributed by atoms with Crippen molar-refractivity contribution in [3.63, 3.8) is 0 Å². The first kappa shape index (κ1) is 11.9. The Labute approximate surface area is 101 Å². The minimum absolute atomic E-state index is 0.984. The Hall–Kier alpha value is -1.62. The molecule has 0 saturated heterocycles. The highest BCUT2D eigenvalue weighted by atomic mass is 15.3. The molecule has 0 radical (unpaired) electrons. The van der Waals surface area contributed by atoms with Crippen molar-refractivity contribution in [2.24, 2.45) is 14.1 Å². The van der Waals surface area contributed by atoms with Gasteiger partial charge in [0.25, 0.3) is 0 Å². The van der Waals surface area contributed by atoms with Gasteiger partial charge in [-0.25, -0.2) is 0 Å². The molecule has 0 unspecified atom stereocenters. The van der Waals surface area contributed by atoms with E-state index in [1.54, 1.807) is 0 Å². The molecule has 0 bridgehead atoms. The lowest BCUT2D eigenvalue weighted by Gasteiger charge is -2.05. The first-order valence-corrected chi connectivity index (χ1v) is 5.92. The van der Waals surface area contributed by atoms with Gasteiger partial charge in [-0.3, -0.25) is 9.36 Å². The lowest BCUT2D eigenvalue weighted by molar-refractivity contribution is 0.622. The van der Waals surface area contributed by atoms with Gasteiger partial charge in [0, 0.05) is 63.8 Å². The molecular weight excluding hydrogens is 214 g/mol. The Bertz CT molecular complexity index is 415.